The molecule has 7 nitrogen and oxygen atoms in total. The quantitative estimate of drug-likeness (QED) is 0.435. The highest BCUT2D eigenvalue weighted by Gasteiger charge is 2.36. The van der Waals surface area contributed by atoms with Crippen LogP contribution in [0.2, 0.25) is 0 Å². The number of benzene rings is 3. The summed E-state index contributed by atoms with van der Waals surface area (Å²) in [4.78, 5) is 38.8. The zero-order valence-electron chi connectivity index (χ0n) is 18.0. The van der Waals surface area contributed by atoms with Crippen LogP contribution in [0.25, 0.3) is 6.08 Å². The van der Waals surface area contributed by atoms with Crippen LogP contribution in [0, 0.1) is 0 Å². The first-order valence-electron chi connectivity index (χ1n) is 10.5. The van der Waals surface area contributed by atoms with Gasteiger partial charge in [0, 0.05) is 0 Å². The van der Waals surface area contributed by atoms with E-state index in [0.29, 0.717) is 36.0 Å². The van der Waals surface area contributed by atoms with Crippen molar-refractivity contribution < 1.29 is 23.9 Å². The second-order valence-corrected chi connectivity index (χ2v) is 7.23. The van der Waals surface area contributed by atoms with Gasteiger partial charge in [0.15, 0.2) is 0 Å². The molecule has 1 aliphatic rings. The van der Waals surface area contributed by atoms with Gasteiger partial charge in [0.05, 0.1) is 12.3 Å². The van der Waals surface area contributed by atoms with Gasteiger partial charge in [0.25, 0.3) is 11.8 Å². The number of nitrogens with zero attached hydrogens (tertiary/aromatic N) is 1. The lowest BCUT2D eigenvalue weighted by Gasteiger charge is -2.26. The monoisotopic (exact) mass is 442 g/mol. The van der Waals surface area contributed by atoms with E-state index in [9.17, 15) is 14.4 Å². The van der Waals surface area contributed by atoms with Gasteiger partial charge in [0.2, 0.25) is 0 Å². The van der Waals surface area contributed by atoms with Gasteiger partial charge in [-0.3, -0.25) is 14.9 Å². The number of anilines is 1. The predicted molar refractivity (Wildman–Crippen MR) is 124 cm³/mol. The Hall–Kier alpha value is -4.39. The molecule has 1 fully saturated rings. The van der Waals surface area contributed by atoms with E-state index >= 15 is 0 Å². The minimum atomic E-state index is -0.803. The fourth-order valence-electron chi connectivity index (χ4n) is 3.35. The van der Waals surface area contributed by atoms with E-state index in [1.165, 1.54) is 6.08 Å². The van der Waals surface area contributed by atoms with Crippen LogP contribution in [0.1, 0.15) is 18.1 Å². The first-order valence-corrected chi connectivity index (χ1v) is 10.5. The molecule has 1 saturated heterocycles. The Bertz CT molecular complexity index is 1200. The number of rotatable bonds is 7. The molecule has 0 bridgehead atoms. The zero-order valence-corrected chi connectivity index (χ0v) is 18.0. The minimum absolute atomic E-state index is 0.146. The molecule has 3 aromatic carbocycles. The van der Waals surface area contributed by atoms with Crippen molar-refractivity contribution in [1.82, 2.24) is 5.32 Å². The molecule has 0 aromatic heterocycles. The fraction of sp³-hybridized carbons (Fsp3) is 0.115. The lowest BCUT2D eigenvalue weighted by molar-refractivity contribution is -0.122. The van der Waals surface area contributed by atoms with E-state index in [2.05, 4.69) is 5.32 Å². The van der Waals surface area contributed by atoms with Crippen LogP contribution in [0.15, 0.2) is 84.4 Å². The fourth-order valence-corrected chi connectivity index (χ4v) is 3.35. The molecule has 33 heavy (non-hydrogen) atoms. The smallest absolute Gasteiger partial charge is 0.335 e. The van der Waals surface area contributed by atoms with Crippen LogP contribution < -0.4 is 19.7 Å². The van der Waals surface area contributed by atoms with Crippen molar-refractivity contribution in [3.05, 3.63) is 95.6 Å². The number of urea groups is 1. The number of nitrogens with one attached hydrogen (secondary N) is 1. The van der Waals surface area contributed by atoms with E-state index < -0.39 is 17.8 Å². The topological polar surface area (TPSA) is 84.9 Å². The van der Waals surface area contributed by atoms with Gasteiger partial charge in [-0.15, -0.1) is 0 Å². The third-order valence-corrected chi connectivity index (χ3v) is 4.93. The molecular weight excluding hydrogens is 420 g/mol. The zero-order chi connectivity index (χ0) is 23.2. The molecule has 1 heterocycles. The molecule has 0 saturated carbocycles. The number of hydrogen-bond acceptors (Lipinski definition) is 5. The van der Waals surface area contributed by atoms with Gasteiger partial charge in [0.1, 0.15) is 23.7 Å². The van der Waals surface area contributed by atoms with E-state index in [4.69, 9.17) is 9.47 Å². The Kier molecular flexibility index (Phi) is 6.50. The summed E-state index contributed by atoms with van der Waals surface area (Å²) >= 11 is 0. The summed E-state index contributed by atoms with van der Waals surface area (Å²) in [7, 11) is 0. The Morgan fingerprint density at radius 3 is 2.33 bits per heavy atom. The predicted octanol–water partition coefficient (Wildman–Crippen LogP) is 4.33. The van der Waals surface area contributed by atoms with Crippen LogP contribution in [0.3, 0.4) is 0 Å². The summed E-state index contributed by atoms with van der Waals surface area (Å²) in [5.74, 6) is -0.240. The minimum Gasteiger partial charge on any atom is -0.494 e. The molecule has 0 spiro atoms. The highest BCUT2D eigenvalue weighted by Crippen LogP contribution is 2.25. The van der Waals surface area contributed by atoms with Gasteiger partial charge in [-0.05, 0) is 60.5 Å². The van der Waals surface area contributed by atoms with Crippen LogP contribution in [-0.4, -0.2) is 24.5 Å². The Morgan fingerprint density at radius 1 is 0.848 bits per heavy atom. The third kappa shape index (κ3) is 5.10. The second kappa shape index (κ2) is 9.82. The van der Waals surface area contributed by atoms with E-state index in [-0.39, 0.29) is 5.57 Å². The number of carbonyl (C=O) groups excluding carboxylic acids is 3. The van der Waals surface area contributed by atoms with E-state index in [0.717, 1.165) is 10.5 Å². The maximum atomic E-state index is 13.1. The average Bonchev–Trinajstić information content (AvgIpc) is 2.82. The molecule has 1 N–H and O–H groups in total. The molecule has 3 aromatic rings. The van der Waals surface area contributed by atoms with Crippen molar-refractivity contribution >= 4 is 29.6 Å². The molecule has 0 radical (unpaired) electrons. The standard InChI is InChI=1S/C26H22N2O5/c1-2-32-22-10-6-9-19(15-22)16-23-24(29)27-26(31)28(25(23)30)20-11-13-21(14-12-20)33-17-18-7-4-3-5-8-18/h3-16H,2,17H2,1H3,(H,27,29,31)/b23-16-. The highest BCUT2D eigenvalue weighted by atomic mass is 16.5. The molecule has 0 unspecified atom stereocenters. The van der Waals surface area contributed by atoms with Crippen molar-refractivity contribution in [2.75, 3.05) is 11.5 Å². The number of amides is 4. The van der Waals surface area contributed by atoms with Crippen molar-refractivity contribution in [3.8, 4) is 11.5 Å². The summed E-state index contributed by atoms with van der Waals surface area (Å²) in [5.41, 5.74) is 1.81. The summed E-state index contributed by atoms with van der Waals surface area (Å²) in [6.07, 6.45) is 1.44. The van der Waals surface area contributed by atoms with Gasteiger partial charge >= 0.3 is 6.03 Å². The Labute approximate surface area is 191 Å². The molecule has 166 valence electrons. The Morgan fingerprint density at radius 2 is 1.61 bits per heavy atom. The maximum Gasteiger partial charge on any atom is 0.335 e. The number of carbonyl (C=O) groups is 3. The van der Waals surface area contributed by atoms with Crippen molar-refractivity contribution in [3.63, 3.8) is 0 Å². The molecule has 7 heteroatoms. The van der Waals surface area contributed by atoms with Gasteiger partial charge < -0.3 is 9.47 Å². The third-order valence-electron chi connectivity index (χ3n) is 4.93. The molecule has 4 rings (SSSR count). The van der Waals surface area contributed by atoms with Gasteiger partial charge in [-0.25, -0.2) is 9.69 Å². The number of imide groups is 2. The molecule has 4 amide bonds. The van der Waals surface area contributed by atoms with Crippen LogP contribution in [-0.2, 0) is 16.2 Å². The van der Waals surface area contributed by atoms with Crippen LogP contribution in [0.5, 0.6) is 11.5 Å². The number of barbiturate groups is 1. The normalized spacial score (nSPS) is 14.9. The lowest BCUT2D eigenvalue weighted by Crippen LogP contribution is -2.54. The molecule has 1 aliphatic heterocycles. The first-order chi connectivity index (χ1) is 16.0. The largest absolute Gasteiger partial charge is 0.494 e. The summed E-state index contributed by atoms with van der Waals surface area (Å²) in [6.45, 7) is 2.75. The first kappa shape index (κ1) is 21.8. The van der Waals surface area contributed by atoms with Crippen molar-refractivity contribution in [1.29, 1.82) is 0 Å². The summed E-state index contributed by atoms with van der Waals surface area (Å²) in [6, 6.07) is 22.5. The summed E-state index contributed by atoms with van der Waals surface area (Å²) in [5, 5.41) is 2.23. The van der Waals surface area contributed by atoms with E-state index in [1.54, 1.807) is 48.5 Å². The van der Waals surface area contributed by atoms with Crippen LogP contribution >= 0.6 is 0 Å². The van der Waals surface area contributed by atoms with E-state index in [1.807, 2.05) is 37.3 Å². The highest BCUT2D eigenvalue weighted by molar-refractivity contribution is 6.39. The molecule has 0 aliphatic carbocycles. The van der Waals surface area contributed by atoms with Gasteiger partial charge in [-0.2, -0.15) is 0 Å². The lowest BCUT2D eigenvalue weighted by atomic mass is 10.1. The van der Waals surface area contributed by atoms with Gasteiger partial charge in [-0.1, -0.05) is 42.5 Å². The number of hydrogen-bond donors (Lipinski definition) is 1. The average molecular weight is 442 g/mol. The van der Waals surface area contributed by atoms with Crippen molar-refractivity contribution in [2.45, 2.75) is 13.5 Å². The maximum absolute atomic E-state index is 13.1. The summed E-state index contributed by atoms with van der Waals surface area (Å²) < 4.78 is 11.2. The second-order valence-electron chi connectivity index (χ2n) is 7.23. The van der Waals surface area contributed by atoms with Crippen LogP contribution in [0.4, 0.5) is 10.5 Å². The number of ether oxygens (including phenoxy) is 2. The Balaban J connectivity index is 1.53. The molecular formula is C26H22N2O5. The SMILES string of the molecule is CCOc1cccc(/C=C2/C(=O)NC(=O)N(c3ccc(OCc4ccccc4)cc3)C2=O)c1. The molecule has 0 atom stereocenters. The van der Waals surface area contributed by atoms with Crippen molar-refractivity contribution in [2.24, 2.45) is 0 Å².